The molecule has 0 saturated carbocycles. The molecule has 0 heterocycles. The third kappa shape index (κ3) is 11.8. The minimum absolute atomic E-state index is 0.0531. The van der Waals surface area contributed by atoms with Crippen LogP contribution < -0.4 is 5.73 Å². The van der Waals surface area contributed by atoms with Crippen molar-refractivity contribution in [1.82, 2.24) is 0 Å². The summed E-state index contributed by atoms with van der Waals surface area (Å²) in [5, 5.41) is 8.39. The SMILES string of the molecule is C[C@H](N)COCCOCCOCCO. The Kier molecular flexibility index (Phi) is 10.7. The van der Waals surface area contributed by atoms with Crippen LogP contribution in [0.15, 0.2) is 0 Å². The summed E-state index contributed by atoms with van der Waals surface area (Å²) in [4.78, 5) is 0. The van der Waals surface area contributed by atoms with Crippen LogP contribution in [0.3, 0.4) is 0 Å². The van der Waals surface area contributed by atoms with E-state index >= 15 is 0 Å². The molecule has 0 aromatic heterocycles. The summed E-state index contributed by atoms with van der Waals surface area (Å²) in [6.45, 7) is 5.02. The molecule has 1 atom stereocenters. The predicted molar refractivity (Wildman–Crippen MR) is 53.2 cm³/mol. The van der Waals surface area contributed by atoms with Crippen molar-refractivity contribution in [1.29, 1.82) is 0 Å². The van der Waals surface area contributed by atoms with Gasteiger partial charge >= 0.3 is 0 Å². The largest absolute Gasteiger partial charge is 0.394 e. The first kappa shape index (κ1) is 13.8. The maximum atomic E-state index is 8.39. The second kappa shape index (κ2) is 10.9. The van der Waals surface area contributed by atoms with E-state index in [1.807, 2.05) is 6.92 Å². The molecule has 0 unspecified atom stereocenters. The molecule has 0 aliphatic rings. The number of aliphatic hydroxyl groups excluding tert-OH is 1. The van der Waals surface area contributed by atoms with E-state index in [2.05, 4.69) is 0 Å². The van der Waals surface area contributed by atoms with Crippen LogP contribution in [0.5, 0.6) is 0 Å². The fraction of sp³-hybridized carbons (Fsp3) is 1.00. The van der Waals surface area contributed by atoms with Crippen molar-refractivity contribution in [2.75, 3.05) is 46.2 Å². The Bertz CT molecular complexity index is 111. The van der Waals surface area contributed by atoms with Crippen LogP contribution in [0.4, 0.5) is 0 Å². The van der Waals surface area contributed by atoms with Crippen LogP contribution >= 0.6 is 0 Å². The lowest BCUT2D eigenvalue weighted by molar-refractivity contribution is 0.00634. The lowest BCUT2D eigenvalue weighted by atomic mass is 10.4. The minimum Gasteiger partial charge on any atom is -0.394 e. The number of ether oxygens (including phenoxy) is 3. The molecule has 5 heteroatoms. The highest BCUT2D eigenvalue weighted by Crippen LogP contribution is 1.82. The average Bonchev–Trinajstić information content (AvgIpc) is 2.15. The van der Waals surface area contributed by atoms with Crippen molar-refractivity contribution in [2.24, 2.45) is 5.73 Å². The van der Waals surface area contributed by atoms with E-state index in [-0.39, 0.29) is 12.6 Å². The van der Waals surface area contributed by atoms with Crippen molar-refractivity contribution in [3.05, 3.63) is 0 Å². The Hall–Kier alpha value is -0.200. The van der Waals surface area contributed by atoms with E-state index in [4.69, 9.17) is 25.1 Å². The van der Waals surface area contributed by atoms with Gasteiger partial charge in [-0.1, -0.05) is 0 Å². The molecule has 3 N–H and O–H groups in total. The number of nitrogens with two attached hydrogens (primary N) is 1. The highest BCUT2D eigenvalue weighted by atomic mass is 16.5. The summed E-state index contributed by atoms with van der Waals surface area (Å²) in [5.41, 5.74) is 5.48. The molecule has 5 nitrogen and oxygen atoms in total. The minimum atomic E-state index is 0.0531. The van der Waals surface area contributed by atoms with Crippen LogP contribution in [0.25, 0.3) is 0 Å². The monoisotopic (exact) mass is 207 g/mol. The van der Waals surface area contributed by atoms with Gasteiger partial charge in [0.2, 0.25) is 0 Å². The van der Waals surface area contributed by atoms with Crippen molar-refractivity contribution < 1.29 is 19.3 Å². The molecule has 0 aromatic rings. The maximum Gasteiger partial charge on any atom is 0.0701 e. The molecule has 0 fully saturated rings. The van der Waals surface area contributed by atoms with E-state index in [9.17, 15) is 0 Å². The second-order valence-corrected chi connectivity index (χ2v) is 3.00. The summed E-state index contributed by atoms with van der Waals surface area (Å²) in [6, 6.07) is 0.0721. The number of aliphatic hydroxyl groups is 1. The van der Waals surface area contributed by atoms with Crippen molar-refractivity contribution in [2.45, 2.75) is 13.0 Å². The normalized spacial score (nSPS) is 13.1. The van der Waals surface area contributed by atoms with Crippen LogP contribution in [0.1, 0.15) is 6.92 Å². The van der Waals surface area contributed by atoms with Crippen LogP contribution in [-0.4, -0.2) is 57.4 Å². The summed E-state index contributed by atoms with van der Waals surface area (Å²) in [6.07, 6.45) is 0. The molecular weight excluding hydrogens is 186 g/mol. The van der Waals surface area contributed by atoms with Crippen molar-refractivity contribution >= 4 is 0 Å². The predicted octanol–water partition coefficient (Wildman–Crippen LogP) is -0.624. The lowest BCUT2D eigenvalue weighted by Gasteiger charge is -2.07. The van der Waals surface area contributed by atoms with E-state index in [0.29, 0.717) is 39.6 Å². The quantitative estimate of drug-likeness (QED) is 0.467. The molecular formula is C9H21NO4. The van der Waals surface area contributed by atoms with Crippen LogP contribution in [-0.2, 0) is 14.2 Å². The smallest absolute Gasteiger partial charge is 0.0701 e. The van der Waals surface area contributed by atoms with Crippen molar-refractivity contribution in [3.63, 3.8) is 0 Å². The first-order chi connectivity index (χ1) is 6.77. The molecule has 0 radical (unpaired) electrons. The zero-order chi connectivity index (χ0) is 10.6. The van der Waals surface area contributed by atoms with Gasteiger partial charge in [0.25, 0.3) is 0 Å². The molecule has 0 bridgehead atoms. The topological polar surface area (TPSA) is 73.9 Å². The Balaban J connectivity index is 2.85. The number of hydrogen-bond acceptors (Lipinski definition) is 5. The number of rotatable bonds is 10. The summed E-state index contributed by atoms with van der Waals surface area (Å²) >= 11 is 0. The lowest BCUT2D eigenvalue weighted by Crippen LogP contribution is -2.23. The molecule has 0 spiro atoms. The van der Waals surface area contributed by atoms with E-state index < -0.39 is 0 Å². The molecule has 0 aliphatic carbocycles. The Morgan fingerprint density at radius 1 is 1.00 bits per heavy atom. The Labute approximate surface area is 85.1 Å². The summed E-state index contributed by atoms with van der Waals surface area (Å²) in [5.74, 6) is 0. The van der Waals surface area contributed by atoms with Gasteiger partial charge in [-0.3, -0.25) is 0 Å². The average molecular weight is 207 g/mol. The standard InChI is InChI=1S/C9H21NO4/c1-9(10)8-14-7-6-13-5-4-12-3-2-11/h9,11H,2-8,10H2,1H3/t9-/m0/s1. The molecule has 0 aliphatic heterocycles. The van der Waals surface area contributed by atoms with Gasteiger partial charge in [0.1, 0.15) is 0 Å². The third-order valence-corrected chi connectivity index (χ3v) is 1.36. The third-order valence-electron chi connectivity index (χ3n) is 1.36. The molecule has 0 saturated heterocycles. The first-order valence-corrected chi connectivity index (χ1v) is 4.87. The van der Waals surface area contributed by atoms with Crippen LogP contribution in [0.2, 0.25) is 0 Å². The number of hydrogen-bond donors (Lipinski definition) is 2. The highest BCUT2D eigenvalue weighted by molar-refractivity contribution is 4.47. The van der Waals surface area contributed by atoms with Crippen LogP contribution in [0, 0.1) is 0 Å². The van der Waals surface area contributed by atoms with Gasteiger partial charge in [0, 0.05) is 6.04 Å². The van der Waals surface area contributed by atoms with E-state index in [0.717, 1.165) is 0 Å². The van der Waals surface area contributed by atoms with E-state index in [1.165, 1.54) is 0 Å². The highest BCUT2D eigenvalue weighted by Gasteiger charge is 1.93. The van der Waals surface area contributed by atoms with Gasteiger partial charge < -0.3 is 25.1 Å². The van der Waals surface area contributed by atoms with Gasteiger partial charge in [-0.25, -0.2) is 0 Å². The zero-order valence-corrected chi connectivity index (χ0v) is 8.78. The molecule has 0 amide bonds. The summed E-state index contributed by atoms with van der Waals surface area (Å²) in [7, 11) is 0. The molecule has 0 rings (SSSR count). The van der Waals surface area contributed by atoms with Gasteiger partial charge in [-0.05, 0) is 6.92 Å². The molecule has 14 heavy (non-hydrogen) atoms. The van der Waals surface area contributed by atoms with Gasteiger partial charge in [0.15, 0.2) is 0 Å². The Morgan fingerprint density at radius 3 is 2.00 bits per heavy atom. The second-order valence-electron chi connectivity index (χ2n) is 3.00. The maximum absolute atomic E-state index is 8.39. The van der Waals surface area contributed by atoms with Gasteiger partial charge in [-0.2, -0.15) is 0 Å². The first-order valence-electron chi connectivity index (χ1n) is 4.87. The fourth-order valence-corrected chi connectivity index (χ4v) is 0.774. The van der Waals surface area contributed by atoms with Gasteiger partial charge in [-0.15, -0.1) is 0 Å². The van der Waals surface area contributed by atoms with E-state index in [1.54, 1.807) is 0 Å². The van der Waals surface area contributed by atoms with Crippen molar-refractivity contribution in [3.8, 4) is 0 Å². The summed E-state index contributed by atoms with van der Waals surface area (Å²) < 4.78 is 15.4. The fourth-order valence-electron chi connectivity index (χ4n) is 0.774. The molecule has 86 valence electrons. The zero-order valence-electron chi connectivity index (χ0n) is 8.78. The Morgan fingerprint density at radius 2 is 1.50 bits per heavy atom. The molecule has 0 aromatic carbocycles. The van der Waals surface area contributed by atoms with Gasteiger partial charge in [0.05, 0.1) is 46.2 Å².